The lowest BCUT2D eigenvalue weighted by molar-refractivity contribution is -0.107. The number of nitrogens with one attached hydrogen (secondary N) is 1. The van der Waals surface area contributed by atoms with Crippen molar-refractivity contribution >= 4 is 21.7 Å². The summed E-state index contributed by atoms with van der Waals surface area (Å²) in [6.07, 6.45) is -3.55. The largest absolute Gasteiger partial charge is 0.487 e. The molecule has 0 unspecified atom stereocenters. The standard InChI is InChI=1S/C25H28F3N3O5S/c26-25(27,28)17-37(33,34)31-9-7-24(8-10-31)16-20-15-19(3-6-22(20)36-24)18-1-4-21(5-2-18)29-23(32)30-11-13-35-14-12-30/h1-6,15H,7-14,16-17H2,(H,29,32). The minimum Gasteiger partial charge on any atom is -0.487 e. The van der Waals surface area contributed by atoms with E-state index in [9.17, 15) is 26.4 Å². The number of fused-ring (bicyclic) bond motifs is 1. The summed E-state index contributed by atoms with van der Waals surface area (Å²) in [5.74, 6) is -1.13. The number of urea groups is 1. The molecule has 0 radical (unpaired) electrons. The third-order valence-corrected chi connectivity index (χ3v) is 8.88. The normalized spacial score (nSPS) is 19.9. The number of carbonyl (C=O) groups excluding carboxylic acids is 1. The molecule has 0 aromatic heterocycles. The van der Waals surface area contributed by atoms with Gasteiger partial charge in [0.15, 0.2) is 5.75 Å². The van der Waals surface area contributed by atoms with Crippen molar-refractivity contribution in [2.24, 2.45) is 0 Å². The maximum Gasteiger partial charge on any atom is 0.404 e. The van der Waals surface area contributed by atoms with Crippen LogP contribution in [-0.2, 0) is 21.2 Å². The Balaban J connectivity index is 1.21. The Morgan fingerprint density at radius 2 is 1.62 bits per heavy atom. The van der Waals surface area contributed by atoms with Gasteiger partial charge >= 0.3 is 12.2 Å². The number of morpholine rings is 1. The van der Waals surface area contributed by atoms with Crippen molar-refractivity contribution in [2.45, 2.75) is 31.0 Å². The third-order valence-electron chi connectivity index (χ3n) is 7.04. The van der Waals surface area contributed by atoms with Crippen LogP contribution in [0.5, 0.6) is 5.75 Å². The fourth-order valence-corrected chi connectivity index (χ4v) is 6.41. The van der Waals surface area contributed by atoms with E-state index in [1.165, 1.54) is 0 Å². The lowest BCUT2D eigenvalue weighted by Gasteiger charge is -2.38. The Bertz CT molecular complexity index is 1250. The molecule has 200 valence electrons. The minimum absolute atomic E-state index is 0.00308. The number of sulfonamides is 1. The number of hydrogen-bond acceptors (Lipinski definition) is 5. The maximum atomic E-state index is 12.7. The van der Waals surface area contributed by atoms with Crippen LogP contribution in [0.1, 0.15) is 18.4 Å². The van der Waals surface area contributed by atoms with E-state index in [0.717, 1.165) is 21.0 Å². The van der Waals surface area contributed by atoms with Crippen LogP contribution in [-0.4, -0.2) is 80.6 Å². The zero-order chi connectivity index (χ0) is 26.3. The molecule has 1 N–H and O–H groups in total. The number of carbonyl (C=O) groups is 1. The molecule has 2 fully saturated rings. The number of hydrogen-bond donors (Lipinski definition) is 1. The molecule has 12 heteroatoms. The van der Waals surface area contributed by atoms with Gasteiger partial charge in [-0.25, -0.2) is 17.5 Å². The number of rotatable bonds is 4. The van der Waals surface area contributed by atoms with Gasteiger partial charge in [-0.15, -0.1) is 0 Å². The fourth-order valence-electron chi connectivity index (χ4n) is 5.08. The highest BCUT2D eigenvalue weighted by Gasteiger charge is 2.46. The second-order valence-corrected chi connectivity index (χ2v) is 11.6. The average Bonchev–Trinajstić information content (AvgIpc) is 3.20. The second kappa shape index (κ2) is 9.80. The molecule has 3 aliphatic heterocycles. The van der Waals surface area contributed by atoms with Crippen molar-refractivity contribution in [3.63, 3.8) is 0 Å². The van der Waals surface area contributed by atoms with Gasteiger partial charge in [0.25, 0.3) is 0 Å². The molecule has 2 aromatic rings. The summed E-state index contributed by atoms with van der Waals surface area (Å²) in [4.78, 5) is 14.1. The number of benzene rings is 2. The fraction of sp³-hybridized carbons (Fsp3) is 0.480. The lowest BCUT2D eigenvalue weighted by atomic mass is 9.87. The quantitative estimate of drug-likeness (QED) is 0.637. The molecule has 0 atom stereocenters. The Hall–Kier alpha value is -2.83. The molecule has 3 heterocycles. The van der Waals surface area contributed by atoms with Crippen molar-refractivity contribution in [1.82, 2.24) is 9.21 Å². The smallest absolute Gasteiger partial charge is 0.404 e. The molecule has 2 aromatic carbocycles. The molecule has 37 heavy (non-hydrogen) atoms. The van der Waals surface area contributed by atoms with E-state index >= 15 is 0 Å². The van der Waals surface area contributed by atoms with Crippen LogP contribution in [0.2, 0.25) is 0 Å². The Kier molecular flexibility index (Phi) is 6.84. The van der Waals surface area contributed by atoms with Gasteiger partial charge in [0.05, 0.1) is 13.2 Å². The minimum atomic E-state index is -4.77. The Morgan fingerprint density at radius 3 is 2.27 bits per heavy atom. The van der Waals surface area contributed by atoms with E-state index in [4.69, 9.17) is 9.47 Å². The van der Waals surface area contributed by atoms with Gasteiger partial charge in [0.2, 0.25) is 10.0 Å². The van der Waals surface area contributed by atoms with Crippen LogP contribution < -0.4 is 10.1 Å². The number of amides is 2. The molecule has 0 saturated carbocycles. The van der Waals surface area contributed by atoms with Gasteiger partial charge in [-0.3, -0.25) is 0 Å². The lowest BCUT2D eigenvalue weighted by Crippen LogP contribution is -2.50. The molecular weight excluding hydrogens is 511 g/mol. The number of nitrogens with zero attached hydrogens (tertiary/aromatic N) is 2. The van der Waals surface area contributed by atoms with Crippen LogP contribution >= 0.6 is 0 Å². The van der Waals surface area contributed by atoms with E-state index in [-0.39, 0.29) is 19.1 Å². The summed E-state index contributed by atoms with van der Waals surface area (Å²) in [5, 5.41) is 2.90. The van der Waals surface area contributed by atoms with Gasteiger partial charge in [-0.05, 0) is 41.0 Å². The van der Waals surface area contributed by atoms with E-state index < -0.39 is 27.6 Å². The molecule has 2 amide bonds. The molecule has 1 spiro atoms. The van der Waals surface area contributed by atoms with Crippen molar-refractivity contribution < 1.29 is 35.9 Å². The summed E-state index contributed by atoms with van der Waals surface area (Å²) in [7, 11) is -4.40. The Labute approximate surface area is 213 Å². The van der Waals surface area contributed by atoms with Gasteiger partial charge in [0, 0.05) is 51.1 Å². The number of anilines is 1. The SMILES string of the molecule is O=C(Nc1ccc(-c2ccc3c(c2)CC2(CCN(S(=O)(=O)CC(F)(F)F)CC2)O3)cc1)N1CCOCC1. The van der Waals surface area contributed by atoms with Crippen LogP contribution in [0.3, 0.4) is 0 Å². The predicted molar refractivity (Wildman–Crippen MR) is 131 cm³/mol. The van der Waals surface area contributed by atoms with E-state index in [2.05, 4.69) is 5.32 Å². The van der Waals surface area contributed by atoms with Crippen LogP contribution in [0.15, 0.2) is 42.5 Å². The van der Waals surface area contributed by atoms with Gasteiger partial charge in [-0.1, -0.05) is 18.2 Å². The van der Waals surface area contributed by atoms with E-state index in [1.807, 2.05) is 42.5 Å². The number of halogens is 3. The zero-order valence-corrected chi connectivity index (χ0v) is 20.9. The van der Waals surface area contributed by atoms with E-state index in [1.54, 1.807) is 4.90 Å². The van der Waals surface area contributed by atoms with Crippen molar-refractivity contribution in [2.75, 3.05) is 50.5 Å². The second-order valence-electron chi connectivity index (χ2n) is 9.66. The van der Waals surface area contributed by atoms with Crippen molar-refractivity contribution in [3.8, 4) is 16.9 Å². The molecule has 0 bridgehead atoms. The summed E-state index contributed by atoms with van der Waals surface area (Å²) in [6, 6.07) is 13.2. The highest BCUT2D eigenvalue weighted by atomic mass is 32.2. The first-order valence-electron chi connectivity index (χ1n) is 12.1. The van der Waals surface area contributed by atoms with Crippen LogP contribution in [0.25, 0.3) is 11.1 Å². The zero-order valence-electron chi connectivity index (χ0n) is 20.1. The topological polar surface area (TPSA) is 88.2 Å². The van der Waals surface area contributed by atoms with E-state index in [0.29, 0.717) is 57.0 Å². The first-order valence-corrected chi connectivity index (χ1v) is 13.7. The summed E-state index contributed by atoms with van der Waals surface area (Å²) >= 11 is 0. The first-order chi connectivity index (χ1) is 17.5. The van der Waals surface area contributed by atoms with Gasteiger partial charge in [-0.2, -0.15) is 13.2 Å². The molecule has 3 aliphatic rings. The summed E-state index contributed by atoms with van der Waals surface area (Å²) in [6.45, 7) is 2.18. The Morgan fingerprint density at radius 1 is 0.973 bits per heavy atom. The maximum absolute atomic E-state index is 12.7. The van der Waals surface area contributed by atoms with Crippen molar-refractivity contribution in [3.05, 3.63) is 48.0 Å². The highest BCUT2D eigenvalue weighted by Crippen LogP contribution is 2.43. The summed E-state index contributed by atoms with van der Waals surface area (Å²) in [5.41, 5.74) is 2.99. The highest BCUT2D eigenvalue weighted by molar-refractivity contribution is 7.89. The third kappa shape index (κ3) is 5.86. The molecular formula is C25H28F3N3O5S. The van der Waals surface area contributed by atoms with Gasteiger partial charge in [0.1, 0.15) is 11.4 Å². The van der Waals surface area contributed by atoms with Gasteiger partial charge < -0.3 is 19.7 Å². The van der Waals surface area contributed by atoms with Crippen LogP contribution in [0.4, 0.5) is 23.7 Å². The number of piperidine rings is 1. The number of alkyl halides is 3. The monoisotopic (exact) mass is 539 g/mol. The predicted octanol–water partition coefficient (Wildman–Crippen LogP) is 3.88. The number of ether oxygens (including phenoxy) is 2. The summed E-state index contributed by atoms with van der Waals surface area (Å²) < 4.78 is 74.6. The molecule has 0 aliphatic carbocycles. The molecule has 8 nitrogen and oxygen atoms in total. The average molecular weight is 540 g/mol. The molecule has 2 saturated heterocycles. The van der Waals surface area contributed by atoms with Crippen molar-refractivity contribution in [1.29, 1.82) is 0 Å². The van der Waals surface area contributed by atoms with Crippen LogP contribution in [0, 0.1) is 0 Å². The first kappa shape index (κ1) is 25.8. The molecule has 5 rings (SSSR count).